The molecule has 0 aliphatic rings. The zero-order valence-corrected chi connectivity index (χ0v) is 18.4. The minimum atomic E-state index is -0.0954. The van der Waals surface area contributed by atoms with Gasteiger partial charge in [0.25, 0.3) is 0 Å². The summed E-state index contributed by atoms with van der Waals surface area (Å²) in [6.07, 6.45) is 6.54. The van der Waals surface area contributed by atoms with E-state index in [2.05, 4.69) is 25.2 Å². The van der Waals surface area contributed by atoms with Crippen LogP contribution in [0.5, 0.6) is 5.75 Å². The summed E-state index contributed by atoms with van der Waals surface area (Å²) in [5.41, 5.74) is 10.9. The number of carbonyl (C=O) groups is 2. The largest absolute Gasteiger partial charge is 0.496 e. The predicted molar refractivity (Wildman–Crippen MR) is 119 cm³/mol. The number of rotatable bonds is 9. The van der Waals surface area contributed by atoms with Gasteiger partial charge in [0.05, 0.1) is 12.7 Å². The van der Waals surface area contributed by atoms with Crippen molar-refractivity contribution in [2.24, 2.45) is 11.7 Å². The molecular weight excluding hydrogens is 364 g/mol. The lowest BCUT2D eigenvalue weighted by atomic mass is 9.99. The Morgan fingerprint density at radius 2 is 1.83 bits per heavy atom. The third-order valence-corrected chi connectivity index (χ3v) is 4.03. The first-order valence-electron chi connectivity index (χ1n) is 9.55. The minimum Gasteiger partial charge on any atom is -0.496 e. The van der Waals surface area contributed by atoms with E-state index in [0.717, 1.165) is 23.1 Å². The fourth-order valence-corrected chi connectivity index (χ4v) is 2.90. The van der Waals surface area contributed by atoms with Gasteiger partial charge < -0.3 is 15.8 Å². The second-order valence-corrected chi connectivity index (χ2v) is 7.48. The molecule has 0 bridgehead atoms. The van der Waals surface area contributed by atoms with Crippen molar-refractivity contribution in [2.75, 3.05) is 7.11 Å². The number of carbonyl (C=O) groups excluding carboxylic acids is 2. The monoisotopic (exact) mass is 396 g/mol. The van der Waals surface area contributed by atoms with Crippen molar-refractivity contribution in [2.45, 2.75) is 41.5 Å². The molecule has 156 valence electrons. The van der Waals surface area contributed by atoms with Crippen LogP contribution in [0.15, 0.2) is 59.0 Å². The molecule has 0 aromatic heterocycles. The van der Waals surface area contributed by atoms with Crippen molar-refractivity contribution >= 4 is 17.8 Å². The van der Waals surface area contributed by atoms with E-state index in [9.17, 15) is 9.59 Å². The van der Waals surface area contributed by atoms with E-state index < -0.39 is 0 Å². The number of allylic oxidation sites excluding steroid dienone is 6. The lowest BCUT2D eigenvalue weighted by Crippen LogP contribution is -2.12. The molecule has 1 aromatic carbocycles. The van der Waals surface area contributed by atoms with Gasteiger partial charge in [-0.15, -0.1) is 0 Å². The summed E-state index contributed by atoms with van der Waals surface area (Å²) in [6, 6.07) is 5.40. The van der Waals surface area contributed by atoms with E-state index in [-0.39, 0.29) is 11.7 Å². The number of nitrogens with one attached hydrogen (secondary N) is 1. The second-order valence-electron chi connectivity index (χ2n) is 7.48. The Kier molecular flexibility index (Phi) is 9.13. The Hall–Kier alpha value is -3.08. The second kappa shape index (κ2) is 11.1. The number of ether oxygens (including phenoxy) is 1. The number of ketones is 1. The van der Waals surface area contributed by atoms with Gasteiger partial charge in [-0.1, -0.05) is 37.6 Å². The molecule has 0 saturated heterocycles. The van der Waals surface area contributed by atoms with E-state index in [1.165, 1.54) is 14.0 Å². The number of aldehydes is 1. The molecule has 0 spiro atoms. The van der Waals surface area contributed by atoms with E-state index in [1.54, 1.807) is 19.2 Å². The maximum atomic E-state index is 12.2. The third kappa shape index (κ3) is 7.11. The van der Waals surface area contributed by atoms with Gasteiger partial charge in [0.2, 0.25) is 0 Å². The molecule has 0 aliphatic heterocycles. The number of benzene rings is 1. The molecule has 0 amide bonds. The standard InChI is InChI=1S/C24H32N2O3/c1-15(2)10-21(24(17(5)25)18(6)28)13-26-22(11-16(3)4)19-8-9-20(14-27)23(12-19)29-7/h8-14,16,26H,25H2,1-7H3/b21-13+,22-11-,24-17?. The van der Waals surface area contributed by atoms with E-state index >= 15 is 0 Å². The quantitative estimate of drug-likeness (QED) is 0.357. The molecule has 0 unspecified atom stereocenters. The summed E-state index contributed by atoms with van der Waals surface area (Å²) < 4.78 is 5.33. The number of hydrogen-bond donors (Lipinski definition) is 2. The van der Waals surface area contributed by atoms with Crippen LogP contribution in [-0.4, -0.2) is 19.2 Å². The van der Waals surface area contributed by atoms with Crippen LogP contribution in [0.25, 0.3) is 5.70 Å². The van der Waals surface area contributed by atoms with Crippen molar-refractivity contribution in [1.82, 2.24) is 5.32 Å². The summed E-state index contributed by atoms with van der Waals surface area (Å²) in [4.78, 5) is 23.3. The van der Waals surface area contributed by atoms with Gasteiger partial charge in [-0.05, 0) is 45.7 Å². The molecular formula is C24H32N2O3. The van der Waals surface area contributed by atoms with Gasteiger partial charge in [0.1, 0.15) is 5.75 Å². The molecule has 3 N–H and O–H groups in total. The highest BCUT2D eigenvalue weighted by atomic mass is 16.5. The first kappa shape index (κ1) is 24.0. The van der Waals surface area contributed by atoms with Gasteiger partial charge in [-0.3, -0.25) is 9.59 Å². The maximum Gasteiger partial charge on any atom is 0.162 e. The molecule has 1 aromatic rings. The zero-order valence-electron chi connectivity index (χ0n) is 18.4. The van der Waals surface area contributed by atoms with Crippen LogP contribution in [0, 0.1) is 5.92 Å². The van der Waals surface area contributed by atoms with Crippen molar-refractivity contribution in [3.63, 3.8) is 0 Å². The highest BCUT2D eigenvalue weighted by Gasteiger charge is 2.13. The number of Topliss-reactive ketones (excluding diaryl/α,β-unsaturated/α-hetero) is 1. The van der Waals surface area contributed by atoms with Gasteiger partial charge in [0.15, 0.2) is 12.1 Å². The van der Waals surface area contributed by atoms with Crippen molar-refractivity contribution in [3.05, 3.63) is 70.1 Å². The zero-order chi connectivity index (χ0) is 22.1. The molecule has 29 heavy (non-hydrogen) atoms. The topological polar surface area (TPSA) is 81.4 Å². The van der Waals surface area contributed by atoms with Crippen LogP contribution >= 0.6 is 0 Å². The van der Waals surface area contributed by atoms with Crippen LogP contribution in [-0.2, 0) is 4.79 Å². The Bertz CT molecular complexity index is 879. The lowest BCUT2D eigenvalue weighted by Gasteiger charge is -2.15. The SMILES string of the molecule is COc1cc(/C(=C/C(C)C)N/C=C(\C=C(C)C)C(C(C)=O)=C(C)N)ccc1C=O. The van der Waals surface area contributed by atoms with Gasteiger partial charge >= 0.3 is 0 Å². The van der Waals surface area contributed by atoms with E-state index in [1.807, 2.05) is 32.1 Å². The lowest BCUT2D eigenvalue weighted by molar-refractivity contribution is -0.113. The van der Waals surface area contributed by atoms with Crippen LogP contribution in [0.1, 0.15) is 57.5 Å². The van der Waals surface area contributed by atoms with Gasteiger partial charge in [-0.2, -0.15) is 0 Å². The van der Waals surface area contributed by atoms with E-state index in [4.69, 9.17) is 10.5 Å². The molecule has 0 heterocycles. The van der Waals surface area contributed by atoms with Crippen molar-refractivity contribution in [3.8, 4) is 5.75 Å². The molecule has 0 aliphatic carbocycles. The van der Waals surface area contributed by atoms with Crippen LogP contribution in [0.2, 0.25) is 0 Å². The highest BCUT2D eigenvalue weighted by Crippen LogP contribution is 2.24. The minimum absolute atomic E-state index is 0.0954. The Morgan fingerprint density at radius 1 is 1.17 bits per heavy atom. The molecule has 0 fully saturated rings. The molecule has 1 rings (SSSR count). The predicted octanol–water partition coefficient (Wildman–Crippen LogP) is 4.77. The number of methoxy groups -OCH3 is 1. The van der Waals surface area contributed by atoms with Gasteiger partial charge in [0, 0.05) is 34.3 Å². The summed E-state index contributed by atoms with van der Waals surface area (Å²) in [7, 11) is 1.53. The fraction of sp³-hybridized carbons (Fsp3) is 0.333. The van der Waals surface area contributed by atoms with Crippen molar-refractivity contribution < 1.29 is 14.3 Å². The number of hydrogen-bond acceptors (Lipinski definition) is 5. The smallest absolute Gasteiger partial charge is 0.162 e. The normalized spacial score (nSPS) is 13.0. The van der Waals surface area contributed by atoms with Crippen LogP contribution in [0.4, 0.5) is 0 Å². The van der Waals surface area contributed by atoms with Crippen LogP contribution < -0.4 is 15.8 Å². The molecule has 0 saturated carbocycles. The molecule has 5 nitrogen and oxygen atoms in total. The summed E-state index contributed by atoms with van der Waals surface area (Å²) in [5, 5.41) is 3.32. The first-order valence-corrected chi connectivity index (χ1v) is 9.55. The maximum absolute atomic E-state index is 12.2. The summed E-state index contributed by atoms with van der Waals surface area (Å²) in [5.74, 6) is 0.681. The summed E-state index contributed by atoms with van der Waals surface area (Å²) in [6.45, 7) is 11.3. The van der Waals surface area contributed by atoms with Crippen molar-refractivity contribution in [1.29, 1.82) is 0 Å². The van der Waals surface area contributed by atoms with E-state index in [0.29, 0.717) is 28.2 Å². The average molecular weight is 397 g/mol. The first-order chi connectivity index (χ1) is 13.6. The summed E-state index contributed by atoms with van der Waals surface area (Å²) >= 11 is 0. The highest BCUT2D eigenvalue weighted by molar-refractivity contribution is 5.99. The molecule has 0 atom stereocenters. The Morgan fingerprint density at radius 3 is 2.28 bits per heavy atom. The van der Waals surface area contributed by atoms with Gasteiger partial charge in [-0.25, -0.2) is 0 Å². The molecule has 0 radical (unpaired) electrons. The molecule has 5 heteroatoms. The number of nitrogens with two attached hydrogens (primary N) is 1. The Labute approximate surface area is 174 Å². The fourth-order valence-electron chi connectivity index (χ4n) is 2.90. The Balaban J connectivity index is 3.51. The average Bonchev–Trinajstić information content (AvgIpc) is 2.62. The van der Waals surface area contributed by atoms with Crippen LogP contribution in [0.3, 0.4) is 0 Å². The third-order valence-electron chi connectivity index (χ3n) is 4.03.